The molecule has 0 aliphatic rings. The van der Waals surface area contributed by atoms with E-state index < -0.39 is 12.1 Å². The van der Waals surface area contributed by atoms with Gasteiger partial charge in [-0.2, -0.15) is 4.98 Å². The van der Waals surface area contributed by atoms with Gasteiger partial charge in [-0.3, -0.25) is 9.59 Å². The molecule has 0 fully saturated rings. The van der Waals surface area contributed by atoms with Gasteiger partial charge in [-0.05, 0) is 39.1 Å². The minimum absolute atomic E-state index is 0.0687. The Kier molecular flexibility index (Phi) is 5.71. The van der Waals surface area contributed by atoms with Crippen LogP contribution in [0.3, 0.4) is 0 Å². The highest BCUT2D eigenvalue weighted by Gasteiger charge is 2.22. The van der Waals surface area contributed by atoms with Gasteiger partial charge in [-0.25, -0.2) is 0 Å². The molecule has 0 aliphatic carbocycles. The van der Waals surface area contributed by atoms with Crippen molar-refractivity contribution in [3.63, 3.8) is 0 Å². The van der Waals surface area contributed by atoms with Crippen molar-refractivity contribution in [2.24, 2.45) is 0 Å². The van der Waals surface area contributed by atoms with Crippen molar-refractivity contribution >= 4 is 23.2 Å². The van der Waals surface area contributed by atoms with Crippen LogP contribution >= 0.6 is 11.3 Å². The molecule has 0 saturated heterocycles. The van der Waals surface area contributed by atoms with Crippen LogP contribution in [0.1, 0.15) is 40.0 Å². The first-order valence-corrected chi connectivity index (χ1v) is 8.50. The molecular formula is C16H21N3O4S. The van der Waals surface area contributed by atoms with Gasteiger partial charge in [0.05, 0.1) is 11.3 Å². The van der Waals surface area contributed by atoms with Crippen molar-refractivity contribution in [2.45, 2.75) is 52.2 Å². The van der Waals surface area contributed by atoms with Gasteiger partial charge in [-0.15, -0.1) is 11.3 Å². The quantitative estimate of drug-likeness (QED) is 0.804. The molecule has 8 heteroatoms. The van der Waals surface area contributed by atoms with E-state index in [1.54, 1.807) is 6.92 Å². The Hall–Kier alpha value is -2.22. The van der Waals surface area contributed by atoms with E-state index in [4.69, 9.17) is 9.26 Å². The smallest absolute Gasteiger partial charge is 0.307 e. The molecule has 2 aromatic heterocycles. The number of ether oxygens (including phenoxy) is 1. The normalized spacial score (nSPS) is 12.7. The lowest BCUT2D eigenvalue weighted by Crippen LogP contribution is -2.46. The molecule has 2 rings (SSSR count). The summed E-state index contributed by atoms with van der Waals surface area (Å²) in [7, 11) is 0. The topological polar surface area (TPSA) is 94.3 Å². The third-order valence-electron chi connectivity index (χ3n) is 2.93. The summed E-state index contributed by atoms with van der Waals surface area (Å²) < 4.78 is 10.2. The Morgan fingerprint density at radius 3 is 2.79 bits per heavy atom. The van der Waals surface area contributed by atoms with Crippen LogP contribution in [0, 0.1) is 0 Å². The second-order valence-corrected chi connectivity index (χ2v) is 7.31. The number of amides is 1. The Morgan fingerprint density at radius 2 is 2.17 bits per heavy atom. The molecule has 1 N–H and O–H groups in total. The van der Waals surface area contributed by atoms with Crippen LogP contribution in [0.15, 0.2) is 22.0 Å². The Labute approximate surface area is 144 Å². The molecule has 1 amide bonds. The molecule has 1 atom stereocenters. The van der Waals surface area contributed by atoms with Crippen molar-refractivity contribution in [3.05, 3.63) is 23.4 Å². The molecule has 2 aromatic rings. The number of thiophene rings is 1. The average molecular weight is 351 g/mol. The van der Waals surface area contributed by atoms with E-state index in [0.717, 1.165) is 4.88 Å². The summed E-state index contributed by atoms with van der Waals surface area (Å²) in [5.74, 6) is 0.0597. The molecule has 130 valence electrons. The summed E-state index contributed by atoms with van der Waals surface area (Å²) in [6.07, 6.45) is -0.509. The van der Waals surface area contributed by atoms with Crippen molar-refractivity contribution in [2.75, 3.05) is 0 Å². The van der Waals surface area contributed by atoms with Crippen LogP contribution in [-0.4, -0.2) is 33.7 Å². The number of carbonyl (C=O) groups is 2. The predicted octanol–water partition coefficient (Wildman–Crippen LogP) is 2.58. The van der Waals surface area contributed by atoms with E-state index >= 15 is 0 Å². The number of hydrogen-bond acceptors (Lipinski definition) is 7. The first-order valence-electron chi connectivity index (χ1n) is 7.62. The second kappa shape index (κ2) is 7.57. The molecular weight excluding hydrogens is 330 g/mol. The minimum Gasteiger partial charge on any atom is -0.453 e. The van der Waals surface area contributed by atoms with Crippen molar-refractivity contribution < 1.29 is 18.8 Å². The Bertz CT molecular complexity index is 688. The molecule has 24 heavy (non-hydrogen) atoms. The summed E-state index contributed by atoms with van der Waals surface area (Å²) in [5.41, 5.74) is -0.375. The minimum atomic E-state index is -0.846. The molecule has 2 heterocycles. The zero-order valence-corrected chi connectivity index (χ0v) is 15.0. The lowest BCUT2D eigenvalue weighted by atomic mass is 10.1. The fourth-order valence-corrected chi connectivity index (χ4v) is 2.50. The SMILES string of the molecule is C[C@H](OC(=O)CCc1nc(-c2cccs2)no1)C(=O)NC(C)(C)C. The molecule has 0 bridgehead atoms. The fourth-order valence-electron chi connectivity index (χ4n) is 1.85. The number of rotatable bonds is 6. The number of esters is 1. The number of hydrogen-bond donors (Lipinski definition) is 1. The number of aryl methyl sites for hydroxylation is 1. The van der Waals surface area contributed by atoms with E-state index in [0.29, 0.717) is 11.7 Å². The van der Waals surface area contributed by atoms with E-state index in [9.17, 15) is 9.59 Å². The van der Waals surface area contributed by atoms with Crippen LogP contribution in [-0.2, 0) is 20.7 Å². The summed E-state index contributed by atoms with van der Waals surface area (Å²) in [6.45, 7) is 7.13. The maximum atomic E-state index is 11.9. The van der Waals surface area contributed by atoms with E-state index in [-0.39, 0.29) is 24.3 Å². The third kappa shape index (κ3) is 5.45. The molecule has 0 unspecified atom stereocenters. The van der Waals surface area contributed by atoms with Crippen LogP contribution < -0.4 is 5.32 Å². The highest BCUT2D eigenvalue weighted by atomic mass is 32.1. The maximum absolute atomic E-state index is 11.9. The average Bonchev–Trinajstić information content (AvgIpc) is 3.14. The highest BCUT2D eigenvalue weighted by Crippen LogP contribution is 2.21. The van der Waals surface area contributed by atoms with Gasteiger partial charge in [0.15, 0.2) is 6.10 Å². The van der Waals surface area contributed by atoms with Gasteiger partial charge in [0, 0.05) is 12.0 Å². The number of nitrogens with zero attached hydrogens (tertiary/aromatic N) is 2. The van der Waals surface area contributed by atoms with Crippen molar-refractivity contribution in [3.8, 4) is 10.7 Å². The molecule has 0 saturated carbocycles. The van der Waals surface area contributed by atoms with Crippen LogP contribution in [0.2, 0.25) is 0 Å². The lowest BCUT2D eigenvalue weighted by molar-refractivity contribution is -0.155. The first-order chi connectivity index (χ1) is 11.2. The number of carbonyl (C=O) groups excluding carboxylic acids is 2. The summed E-state index contributed by atoms with van der Waals surface area (Å²) in [6, 6.07) is 3.79. The standard InChI is InChI=1S/C16H21N3O4S/c1-10(15(21)18-16(2,3)4)22-13(20)8-7-12-17-14(19-23-12)11-6-5-9-24-11/h5-6,9-10H,7-8H2,1-4H3,(H,18,21)/t10-/m0/s1. The summed E-state index contributed by atoms with van der Waals surface area (Å²) >= 11 is 1.51. The van der Waals surface area contributed by atoms with Gasteiger partial charge in [0.1, 0.15) is 0 Å². The zero-order valence-electron chi connectivity index (χ0n) is 14.2. The zero-order chi connectivity index (χ0) is 17.7. The number of aromatic nitrogens is 2. The molecule has 0 aliphatic heterocycles. The van der Waals surface area contributed by atoms with Gasteiger partial charge in [0.25, 0.3) is 5.91 Å². The van der Waals surface area contributed by atoms with Gasteiger partial charge >= 0.3 is 5.97 Å². The second-order valence-electron chi connectivity index (χ2n) is 6.36. The Morgan fingerprint density at radius 1 is 1.42 bits per heavy atom. The van der Waals surface area contributed by atoms with Crippen molar-refractivity contribution in [1.82, 2.24) is 15.5 Å². The van der Waals surface area contributed by atoms with Crippen LogP contribution in [0.25, 0.3) is 10.7 Å². The predicted molar refractivity (Wildman–Crippen MR) is 89.4 cm³/mol. The summed E-state index contributed by atoms with van der Waals surface area (Å²) in [5, 5.41) is 8.56. The van der Waals surface area contributed by atoms with Gasteiger partial charge in [-0.1, -0.05) is 11.2 Å². The molecule has 0 radical (unpaired) electrons. The monoisotopic (exact) mass is 351 g/mol. The largest absolute Gasteiger partial charge is 0.453 e. The lowest BCUT2D eigenvalue weighted by Gasteiger charge is -2.23. The van der Waals surface area contributed by atoms with Gasteiger partial charge in [0.2, 0.25) is 11.7 Å². The van der Waals surface area contributed by atoms with Crippen LogP contribution in [0.5, 0.6) is 0 Å². The highest BCUT2D eigenvalue weighted by molar-refractivity contribution is 7.13. The van der Waals surface area contributed by atoms with Crippen molar-refractivity contribution in [1.29, 1.82) is 0 Å². The van der Waals surface area contributed by atoms with E-state index in [1.165, 1.54) is 11.3 Å². The molecule has 0 spiro atoms. The van der Waals surface area contributed by atoms with Crippen LogP contribution in [0.4, 0.5) is 0 Å². The number of nitrogens with one attached hydrogen (secondary N) is 1. The van der Waals surface area contributed by atoms with E-state index in [2.05, 4.69) is 15.5 Å². The molecule has 7 nitrogen and oxygen atoms in total. The molecule has 0 aromatic carbocycles. The summed E-state index contributed by atoms with van der Waals surface area (Å²) in [4.78, 5) is 28.9. The maximum Gasteiger partial charge on any atom is 0.307 e. The Balaban J connectivity index is 1.80. The first kappa shape index (κ1) is 18.1. The fraction of sp³-hybridized carbons (Fsp3) is 0.500. The van der Waals surface area contributed by atoms with E-state index in [1.807, 2.05) is 38.3 Å². The van der Waals surface area contributed by atoms with Gasteiger partial charge < -0.3 is 14.6 Å². The third-order valence-corrected chi connectivity index (χ3v) is 3.79.